The molecule has 228 valence electrons. The molecule has 0 aliphatic rings. The van der Waals surface area contributed by atoms with Crippen molar-refractivity contribution in [3.8, 4) is 68.1 Å². The normalized spacial score (nSPS) is 10.5. The summed E-state index contributed by atoms with van der Waals surface area (Å²) < 4.78 is 0. The molecule has 0 aliphatic heterocycles. The second-order valence-electron chi connectivity index (χ2n) is 10.6. The molecule has 8 nitrogen and oxygen atoms in total. The van der Waals surface area contributed by atoms with Gasteiger partial charge in [0.05, 0.1) is 0 Å². The Morgan fingerprint density at radius 3 is 0.896 bits per heavy atom. The van der Waals surface area contributed by atoms with Crippen molar-refractivity contribution in [3.05, 3.63) is 170 Å². The number of hydrogen-bond donors (Lipinski definition) is 0. The molecule has 0 saturated carbocycles. The first kappa shape index (κ1) is 29.9. The monoisotopic (exact) mass is 620 g/mol. The van der Waals surface area contributed by atoms with Crippen LogP contribution >= 0.6 is 0 Å². The fraction of sp³-hybridized carbons (Fsp3) is 0. The predicted molar refractivity (Wildman–Crippen MR) is 188 cm³/mol. The van der Waals surface area contributed by atoms with Crippen LogP contribution in [0.1, 0.15) is 0 Å². The number of aromatic nitrogens is 8. The van der Waals surface area contributed by atoms with Gasteiger partial charge in [-0.25, -0.2) is 9.97 Å². The van der Waals surface area contributed by atoms with Crippen LogP contribution in [0.3, 0.4) is 0 Å². The summed E-state index contributed by atoms with van der Waals surface area (Å²) in [6, 6.07) is 51.3. The lowest BCUT2D eigenvalue weighted by atomic mass is 10.0. The zero-order valence-corrected chi connectivity index (χ0v) is 25.7. The molecule has 8 heteroatoms. The van der Waals surface area contributed by atoms with Gasteiger partial charge >= 0.3 is 0 Å². The highest BCUT2D eigenvalue weighted by atomic mass is 15.2. The fourth-order valence-electron chi connectivity index (χ4n) is 5.03. The number of nitrogens with zero attached hydrogens (tertiary/aromatic N) is 8. The van der Waals surface area contributed by atoms with E-state index in [1.807, 2.05) is 158 Å². The third-order valence-corrected chi connectivity index (χ3v) is 7.35. The smallest absolute Gasteiger partial charge is 0.201 e. The fourth-order valence-corrected chi connectivity index (χ4v) is 5.03. The minimum absolute atomic E-state index is 0.522. The molecule has 0 radical (unpaired) electrons. The van der Waals surface area contributed by atoms with Crippen molar-refractivity contribution in [2.45, 2.75) is 0 Å². The van der Waals surface area contributed by atoms with Gasteiger partial charge in [0.25, 0.3) is 0 Å². The van der Waals surface area contributed by atoms with Crippen molar-refractivity contribution in [1.29, 1.82) is 0 Å². The van der Waals surface area contributed by atoms with Crippen LogP contribution in [0.15, 0.2) is 170 Å². The summed E-state index contributed by atoms with van der Waals surface area (Å²) in [4.78, 5) is 18.1. The van der Waals surface area contributed by atoms with E-state index in [1.165, 1.54) is 0 Å². The Bertz CT molecular complexity index is 2040. The molecule has 4 heterocycles. The van der Waals surface area contributed by atoms with Crippen LogP contribution < -0.4 is 0 Å². The van der Waals surface area contributed by atoms with Gasteiger partial charge in [-0.15, -0.1) is 20.4 Å². The van der Waals surface area contributed by atoms with E-state index in [-0.39, 0.29) is 0 Å². The van der Waals surface area contributed by atoms with E-state index in [1.54, 1.807) is 12.4 Å². The molecule has 0 spiro atoms. The Balaban J connectivity index is 0.000000152. The number of rotatable bonds is 6. The minimum Gasteiger partial charge on any atom is -0.253 e. The molecule has 0 unspecified atom stereocenters. The van der Waals surface area contributed by atoms with Crippen molar-refractivity contribution in [2.75, 3.05) is 0 Å². The van der Waals surface area contributed by atoms with E-state index >= 15 is 0 Å². The number of benzene rings is 4. The van der Waals surface area contributed by atoms with Crippen LogP contribution in [0.4, 0.5) is 0 Å². The van der Waals surface area contributed by atoms with Gasteiger partial charge in [0, 0.05) is 34.6 Å². The van der Waals surface area contributed by atoms with Crippen molar-refractivity contribution in [1.82, 2.24) is 40.3 Å². The van der Waals surface area contributed by atoms with E-state index < -0.39 is 0 Å². The van der Waals surface area contributed by atoms with E-state index in [2.05, 4.69) is 30.4 Å². The average molecular weight is 621 g/mol. The van der Waals surface area contributed by atoms with Crippen LogP contribution in [0, 0.1) is 0 Å². The van der Waals surface area contributed by atoms with Crippen LogP contribution in [-0.4, -0.2) is 40.3 Å². The molecule has 0 bridgehead atoms. The zero-order valence-electron chi connectivity index (χ0n) is 25.7. The second-order valence-corrected chi connectivity index (χ2v) is 10.6. The molecule has 0 saturated heterocycles. The Hall–Kier alpha value is -6.80. The Morgan fingerprint density at radius 1 is 0.271 bits per heavy atom. The van der Waals surface area contributed by atoms with Gasteiger partial charge in [0.15, 0.2) is 0 Å². The molecule has 8 rings (SSSR count). The van der Waals surface area contributed by atoms with Gasteiger partial charge in [0.2, 0.25) is 11.6 Å². The van der Waals surface area contributed by atoms with Gasteiger partial charge in [0.1, 0.15) is 34.2 Å². The van der Waals surface area contributed by atoms with Gasteiger partial charge in [-0.1, -0.05) is 133 Å². The van der Waals surface area contributed by atoms with Crippen LogP contribution in [0.2, 0.25) is 0 Å². The quantitative estimate of drug-likeness (QED) is 0.182. The third-order valence-electron chi connectivity index (χ3n) is 7.35. The summed E-state index contributed by atoms with van der Waals surface area (Å²) in [6.07, 6.45) is 3.46. The molecule has 8 aromatic rings. The first-order valence-electron chi connectivity index (χ1n) is 15.4. The summed E-state index contributed by atoms with van der Waals surface area (Å²) >= 11 is 0. The molecule has 0 atom stereocenters. The predicted octanol–water partition coefficient (Wildman–Crippen LogP) is 8.54. The first-order valence-corrected chi connectivity index (χ1v) is 15.4. The van der Waals surface area contributed by atoms with E-state index in [0.717, 1.165) is 45.0 Å². The van der Waals surface area contributed by atoms with Crippen molar-refractivity contribution in [3.63, 3.8) is 0 Å². The Kier molecular flexibility index (Phi) is 9.05. The maximum absolute atomic E-state index is 4.75. The van der Waals surface area contributed by atoms with E-state index in [0.29, 0.717) is 23.0 Å². The maximum atomic E-state index is 4.75. The zero-order chi connectivity index (χ0) is 32.4. The topological polar surface area (TPSA) is 103 Å². The standard InChI is InChI=1S/2C20H14N4/c2*1-3-9-15(10-4-1)18-19(16-11-5-2-6-12-16)23-24-20(22-18)17-13-7-8-14-21-17/h2*1-14H. The Morgan fingerprint density at radius 2 is 0.583 bits per heavy atom. The summed E-state index contributed by atoms with van der Waals surface area (Å²) in [6.45, 7) is 0. The molecule has 0 amide bonds. The maximum Gasteiger partial charge on any atom is 0.201 e. The Labute approximate surface area is 278 Å². The highest BCUT2D eigenvalue weighted by Crippen LogP contribution is 2.30. The molecule has 4 aromatic heterocycles. The van der Waals surface area contributed by atoms with Gasteiger partial charge in [-0.2, -0.15) is 0 Å². The lowest BCUT2D eigenvalue weighted by molar-refractivity contribution is 0.981. The number of pyridine rings is 2. The molecular formula is C40H28N8. The highest BCUT2D eigenvalue weighted by molar-refractivity contribution is 5.79. The van der Waals surface area contributed by atoms with Crippen molar-refractivity contribution in [2.24, 2.45) is 0 Å². The molecular weight excluding hydrogens is 592 g/mol. The lowest BCUT2D eigenvalue weighted by Gasteiger charge is -2.09. The number of hydrogen-bond acceptors (Lipinski definition) is 8. The van der Waals surface area contributed by atoms with E-state index in [9.17, 15) is 0 Å². The van der Waals surface area contributed by atoms with Crippen LogP contribution in [0.5, 0.6) is 0 Å². The summed E-state index contributed by atoms with van der Waals surface area (Å²) in [7, 11) is 0. The van der Waals surface area contributed by atoms with E-state index in [4.69, 9.17) is 9.97 Å². The molecule has 0 N–H and O–H groups in total. The van der Waals surface area contributed by atoms with Crippen molar-refractivity contribution < 1.29 is 0 Å². The first-order chi connectivity index (χ1) is 23.8. The molecule has 0 aliphatic carbocycles. The largest absolute Gasteiger partial charge is 0.253 e. The SMILES string of the molecule is c1ccc(-c2nnc(-c3ccccn3)nc2-c2ccccc2)cc1.c1ccc(-c2nnc(-c3ccccn3)nc2-c2ccccc2)cc1. The van der Waals surface area contributed by atoms with Gasteiger partial charge in [-0.05, 0) is 24.3 Å². The van der Waals surface area contributed by atoms with Gasteiger partial charge in [-0.3, -0.25) is 9.97 Å². The van der Waals surface area contributed by atoms with Crippen LogP contribution in [0.25, 0.3) is 68.1 Å². The summed E-state index contributed by atoms with van der Waals surface area (Å²) in [5, 5.41) is 17.5. The second kappa shape index (κ2) is 14.5. The minimum atomic E-state index is 0.522. The van der Waals surface area contributed by atoms with Gasteiger partial charge < -0.3 is 0 Å². The lowest BCUT2D eigenvalue weighted by Crippen LogP contribution is -2.00. The molecule has 4 aromatic carbocycles. The molecule has 0 fully saturated rings. The summed E-state index contributed by atoms with van der Waals surface area (Å²) in [5.74, 6) is 1.04. The average Bonchev–Trinajstić information content (AvgIpc) is 3.20. The molecule has 48 heavy (non-hydrogen) atoms. The third kappa shape index (κ3) is 6.88. The van der Waals surface area contributed by atoms with Crippen molar-refractivity contribution >= 4 is 0 Å². The highest BCUT2D eigenvalue weighted by Gasteiger charge is 2.16. The van der Waals surface area contributed by atoms with Crippen LogP contribution in [-0.2, 0) is 0 Å². The summed E-state index contributed by atoms with van der Waals surface area (Å²) in [5.41, 5.74) is 8.54.